The van der Waals surface area contributed by atoms with Crippen molar-refractivity contribution >= 4 is 11.6 Å². The van der Waals surface area contributed by atoms with Crippen LogP contribution in [0.3, 0.4) is 0 Å². The minimum Gasteiger partial charge on any atom is -0.314 e. The summed E-state index contributed by atoms with van der Waals surface area (Å²) in [5, 5.41) is 1.87. The standard InChI is InChI=1S/C11H10ClF4N/c12-7-10(15)8(13)6(9(14)11(7)16)4-5-2-1-3-17-5/h5,17H,1-4H2. The first kappa shape index (κ1) is 12.6. The van der Waals surface area contributed by atoms with E-state index in [1.54, 1.807) is 0 Å². The second-order valence-corrected chi connectivity index (χ2v) is 4.42. The van der Waals surface area contributed by atoms with Crippen LogP contribution >= 0.6 is 11.6 Å². The lowest BCUT2D eigenvalue weighted by atomic mass is 10.0. The monoisotopic (exact) mass is 267 g/mol. The van der Waals surface area contributed by atoms with Gasteiger partial charge in [-0.1, -0.05) is 11.6 Å². The highest BCUT2D eigenvalue weighted by molar-refractivity contribution is 6.30. The van der Waals surface area contributed by atoms with Gasteiger partial charge in [-0.3, -0.25) is 0 Å². The maximum atomic E-state index is 13.5. The molecule has 0 radical (unpaired) electrons. The third-order valence-electron chi connectivity index (χ3n) is 2.91. The van der Waals surface area contributed by atoms with E-state index in [1.807, 2.05) is 0 Å². The van der Waals surface area contributed by atoms with Gasteiger partial charge in [0.25, 0.3) is 0 Å². The van der Waals surface area contributed by atoms with Crippen LogP contribution in [0.4, 0.5) is 17.6 Å². The summed E-state index contributed by atoms with van der Waals surface area (Å²) in [7, 11) is 0. The largest absolute Gasteiger partial charge is 0.314 e. The van der Waals surface area contributed by atoms with Gasteiger partial charge in [-0.25, -0.2) is 17.6 Å². The molecule has 1 aromatic rings. The number of halogens is 5. The van der Waals surface area contributed by atoms with Gasteiger partial charge in [0, 0.05) is 11.6 Å². The number of nitrogens with one attached hydrogen (secondary N) is 1. The molecule has 0 amide bonds. The van der Waals surface area contributed by atoms with Gasteiger partial charge >= 0.3 is 0 Å². The fourth-order valence-electron chi connectivity index (χ4n) is 2.01. The summed E-state index contributed by atoms with van der Waals surface area (Å²) >= 11 is 5.13. The van der Waals surface area contributed by atoms with Crippen LogP contribution in [0.2, 0.25) is 5.02 Å². The molecule has 1 aliphatic rings. The Morgan fingerprint density at radius 3 is 2.12 bits per heavy atom. The zero-order valence-corrected chi connectivity index (χ0v) is 9.55. The van der Waals surface area contributed by atoms with Gasteiger partial charge in [0.05, 0.1) is 0 Å². The summed E-state index contributed by atoms with van der Waals surface area (Å²) in [6.07, 6.45) is 1.53. The van der Waals surface area contributed by atoms with E-state index in [2.05, 4.69) is 5.32 Å². The predicted molar refractivity (Wildman–Crippen MR) is 56.0 cm³/mol. The van der Waals surface area contributed by atoms with E-state index in [-0.39, 0.29) is 12.5 Å². The summed E-state index contributed by atoms with van der Waals surface area (Å²) in [4.78, 5) is 0. The highest BCUT2D eigenvalue weighted by atomic mass is 35.5. The summed E-state index contributed by atoms with van der Waals surface area (Å²) < 4.78 is 53.3. The van der Waals surface area contributed by atoms with Crippen LogP contribution in [0.25, 0.3) is 0 Å². The molecule has 1 atom stereocenters. The lowest BCUT2D eigenvalue weighted by Gasteiger charge is -2.13. The molecular weight excluding hydrogens is 258 g/mol. The zero-order chi connectivity index (χ0) is 12.6. The fourth-order valence-corrected chi connectivity index (χ4v) is 2.17. The first-order valence-electron chi connectivity index (χ1n) is 5.26. The van der Waals surface area contributed by atoms with Crippen LogP contribution in [-0.4, -0.2) is 12.6 Å². The summed E-state index contributed by atoms with van der Waals surface area (Å²) in [6.45, 7) is 0.743. The number of rotatable bonds is 2. The summed E-state index contributed by atoms with van der Waals surface area (Å²) in [5.41, 5.74) is -0.580. The second kappa shape index (κ2) is 4.82. The van der Waals surface area contributed by atoms with Crippen molar-refractivity contribution in [2.24, 2.45) is 0 Å². The Hall–Kier alpha value is -0.810. The molecule has 17 heavy (non-hydrogen) atoms. The van der Waals surface area contributed by atoms with Crippen LogP contribution in [0.15, 0.2) is 0 Å². The van der Waals surface area contributed by atoms with Crippen molar-refractivity contribution < 1.29 is 17.6 Å². The van der Waals surface area contributed by atoms with Gasteiger partial charge in [0.1, 0.15) is 5.02 Å². The molecule has 94 valence electrons. The minimum atomic E-state index is -1.53. The fraction of sp³-hybridized carbons (Fsp3) is 0.455. The van der Waals surface area contributed by atoms with E-state index in [4.69, 9.17) is 11.6 Å². The molecule has 1 fully saturated rings. The van der Waals surface area contributed by atoms with Gasteiger partial charge < -0.3 is 5.32 Å². The Balaban J connectivity index is 2.38. The van der Waals surface area contributed by atoms with Crippen molar-refractivity contribution in [3.63, 3.8) is 0 Å². The van der Waals surface area contributed by atoms with Crippen LogP contribution in [0, 0.1) is 23.3 Å². The Kier molecular flexibility index (Phi) is 3.58. The molecule has 1 saturated heterocycles. The molecule has 0 aliphatic carbocycles. The predicted octanol–water partition coefficient (Wildman–Crippen LogP) is 3.19. The molecule has 1 aliphatic heterocycles. The molecule has 1 N–H and O–H groups in total. The SMILES string of the molecule is Fc1c(F)c(CC2CCCN2)c(F)c(F)c1Cl. The maximum Gasteiger partial charge on any atom is 0.180 e. The van der Waals surface area contributed by atoms with Gasteiger partial charge in [-0.15, -0.1) is 0 Å². The lowest BCUT2D eigenvalue weighted by molar-refractivity contribution is 0.430. The van der Waals surface area contributed by atoms with Crippen molar-refractivity contribution in [2.75, 3.05) is 6.54 Å². The van der Waals surface area contributed by atoms with E-state index in [0.29, 0.717) is 0 Å². The lowest BCUT2D eigenvalue weighted by Crippen LogP contribution is -2.25. The number of hydrogen-bond donors (Lipinski definition) is 1. The Morgan fingerprint density at radius 1 is 1.06 bits per heavy atom. The quantitative estimate of drug-likeness (QED) is 0.493. The van der Waals surface area contributed by atoms with Crippen molar-refractivity contribution in [1.82, 2.24) is 5.32 Å². The van der Waals surface area contributed by atoms with Crippen LogP contribution in [-0.2, 0) is 6.42 Å². The molecule has 0 aromatic heterocycles. The van der Waals surface area contributed by atoms with Crippen LogP contribution in [0.1, 0.15) is 18.4 Å². The first-order valence-corrected chi connectivity index (χ1v) is 5.64. The van der Waals surface area contributed by atoms with Crippen molar-refractivity contribution in [2.45, 2.75) is 25.3 Å². The molecule has 0 saturated carbocycles. The van der Waals surface area contributed by atoms with E-state index < -0.39 is 33.9 Å². The third-order valence-corrected chi connectivity index (χ3v) is 3.25. The average molecular weight is 268 g/mol. The number of hydrogen-bond acceptors (Lipinski definition) is 1. The molecule has 2 rings (SSSR count). The molecule has 1 heterocycles. The Morgan fingerprint density at radius 2 is 1.65 bits per heavy atom. The van der Waals surface area contributed by atoms with Gasteiger partial charge in [0.15, 0.2) is 23.3 Å². The normalized spacial score (nSPS) is 19.9. The zero-order valence-electron chi connectivity index (χ0n) is 8.80. The average Bonchev–Trinajstić information content (AvgIpc) is 2.82. The van der Waals surface area contributed by atoms with E-state index in [1.165, 1.54) is 0 Å². The van der Waals surface area contributed by atoms with Crippen molar-refractivity contribution in [3.8, 4) is 0 Å². The Bertz CT molecular complexity index is 415. The third kappa shape index (κ3) is 2.26. The minimum absolute atomic E-state index is 0.0807. The summed E-state index contributed by atoms with van der Waals surface area (Å²) in [5.74, 6) is -5.86. The van der Waals surface area contributed by atoms with Crippen LogP contribution in [0.5, 0.6) is 0 Å². The first-order chi connectivity index (χ1) is 8.02. The Labute approximate surface area is 101 Å². The van der Waals surface area contributed by atoms with Crippen molar-refractivity contribution in [1.29, 1.82) is 0 Å². The van der Waals surface area contributed by atoms with E-state index in [9.17, 15) is 17.6 Å². The highest BCUT2D eigenvalue weighted by Gasteiger charge is 2.26. The highest BCUT2D eigenvalue weighted by Crippen LogP contribution is 2.29. The van der Waals surface area contributed by atoms with Gasteiger partial charge in [-0.2, -0.15) is 0 Å². The van der Waals surface area contributed by atoms with Gasteiger partial charge in [-0.05, 0) is 25.8 Å². The molecule has 6 heteroatoms. The topological polar surface area (TPSA) is 12.0 Å². The van der Waals surface area contributed by atoms with Crippen molar-refractivity contribution in [3.05, 3.63) is 33.9 Å². The molecule has 0 bridgehead atoms. The van der Waals surface area contributed by atoms with Gasteiger partial charge in [0.2, 0.25) is 0 Å². The second-order valence-electron chi connectivity index (χ2n) is 4.05. The molecule has 1 unspecified atom stereocenters. The molecule has 1 nitrogen and oxygen atoms in total. The molecular formula is C11H10ClF4N. The van der Waals surface area contributed by atoms with E-state index >= 15 is 0 Å². The number of benzene rings is 1. The summed E-state index contributed by atoms with van der Waals surface area (Å²) in [6, 6.07) is -0.154. The van der Waals surface area contributed by atoms with Crippen LogP contribution < -0.4 is 5.32 Å². The maximum absolute atomic E-state index is 13.5. The molecule has 0 spiro atoms. The molecule has 1 aromatic carbocycles. The van der Waals surface area contributed by atoms with E-state index in [0.717, 1.165) is 19.4 Å². The smallest absolute Gasteiger partial charge is 0.180 e.